The lowest BCUT2D eigenvalue weighted by atomic mass is 10.0. The third kappa shape index (κ3) is 2.98. The van der Waals surface area contributed by atoms with E-state index in [0.717, 1.165) is 7.11 Å². The van der Waals surface area contributed by atoms with Crippen LogP contribution in [0.3, 0.4) is 0 Å². The largest absolute Gasteiger partial charge is 0.428 e. The summed E-state index contributed by atoms with van der Waals surface area (Å²) in [4.78, 5) is 0. The highest BCUT2D eigenvalue weighted by atomic mass is 19.4. The van der Waals surface area contributed by atoms with Gasteiger partial charge >= 0.3 is 12.4 Å². The lowest BCUT2D eigenvalue weighted by Crippen LogP contribution is -2.61. The van der Waals surface area contributed by atoms with Crippen LogP contribution in [-0.2, 0) is 14.2 Å². The van der Waals surface area contributed by atoms with Gasteiger partial charge in [-0.05, 0) is 0 Å². The van der Waals surface area contributed by atoms with Crippen LogP contribution in [0.4, 0.5) is 26.3 Å². The lowest BCUT2D eigenvalue weighted by Gasteiger charge is -2.35. The zero-order valence-electron chi connectivity index (χ0n) is 8.41. The van der Waals surface area contributed by atoms with Gasteiger partial charge in [0.05, 0.1) is 6.61 Å². The quantitative estimate of drug-likeness (QED) is 0.557. The molecule has 0 aliphatic heterocycles. The molecule has 0 N–H and O–H groups in total. The average Bonchev–Trinajstić information content (AvgIpc) is 2.08. The Bertz CT molecular complexity index is 197. The van der Waals surface area contributed by atoms with Crippen LogP contribution in [0, 0.1) is 0 Å². The lowest BCUT2D eigenvalue weighted by molar-refractivity contribution is -0.400. The Hall–Kier alpha value is -0.540. The highest BCUT2D eigenvalue weighted by molar-refractivity contribution is 4.95. The van der Waals surface area contributed by atoms with E-state index in [1.54, 1.807) is 0 Å². The van der Waals surface area contributed by atoms with Crippen LogP contribution in [0.2, 0.25) is 0 Å². The van der Waals surface area contributed by atoms with Gasteiger partial charge in [0.1, 0.15) is 6.79 Å². The average molecular weight is 256 g/mol. The van der Waals surface area contributed by atoms with Crippen LogP contribution in [0.1, 0.15) is 0 Å². The molecular weight excluding hydrogens is 246 g/mol. The zero-order chi connectivity index (χ0) is 13.0. The number of methoxy groups -OCH3 is 2. The number of ether oxygens (including phenoxy) is 3. The third-order valence-corrected chi connectivity index (χ3v) is 1.69. The maximum Gasteiger partial charge on any atom is 0.428 e. The fraction of sp³-hybridized carbons (Fsp3) is 1.00. The first-order chi connectivity index (χ1) is 7.12. The summed E-state index contributed by atoms with van der Waals surface area (Å²) in [5.74, 6) is 0. The zero-order valence-corrected chi connectivity index (χ0v) is 8.41. The Morgan fingerprint density at radius 1 is 0.812 bits per heavy atom. The minimum absolute atomic E-state index is 0.711. The molecule has 9 heteroatoms. The Balaban J connectivity index is 5.23. The molecule has 0 saturated carbocycles. The molecular formula is C7H10F6O3. The smallest absolute Gasteiger partial charge is 0.381 e. The predicted molar refractivity (Wildman–Crippen MR) is 39.7 cm³/mol. The molecule has 0 aliphatic rings. The minimum atomic E-state index is -5.65. The van der Waals surface area contributed by atoms with E-state index in [1.165, 1.54) is 0 Å². The number of rotatable bonds is 5. The third-order valence-electron chi connectivity index (χ3n) is 1.69. The number of hydrogen-bond acceptors (Lipinski definition) is 3. The summed E-state index contributed by atoms with van der Waals surface area (Å²) in [5, 5.41) is 0. The van der Waals surface area contributed by atoms with Gasteiger partial charge in [0.25, 0.3) is 5.60 Å². The molecule has 0 aromatic carbocycles. The van der Waals surface area contributed by atoms with Crippen molar-refractivity contribution >= 4 is 0 Å². The number of halogens is 6. The molecule has 98 valence electrons. The minimum Gasteiger partial charge on any atom is -0.381 e. The van der Waals surface area contributed by atoms with E-state index < -0.39 is 31.4 Å². The molecule has 16 heavy (non-hydrogen) atoms. The van der Waals surface area contributed by atoms with Gasteiger partial charge in [-0.25, -0.2) is 0 Å². The summed E-state index contributed by atoms with van der Waals surface area (Å²) in [7, 11) is 1.62. The summed E-state index contributed by atoms with van der Waals surface area (Å²) < 4.78 is 86.2. The van der Waals surface area contributed by atoms with E-state index >= 15 is 0 Å². The van der Waals surface area contributed by atoms with E-state index in [0.29, 0.717) is 7.11 Å². The fourth-order valence-corrected chi connectivity index (χ4v) is 0.892. The molecule has 0 aromatic heterocycles. The van der Waals surface area contributed by atoms with Gasteiger partial charge in [-0.15, -0.1) is 0 Å². The summed E-state index contributed by atoms with van der Waals surface area (Å²) >= 11 is 0. The van der Waals surface area contributed by atoms with Crippen LogP contribution in [-0.4, -0.2) is 45.6 Å². The molecule has 0 unspecified atom stereocenters. The molecule has 0 heterocycles. The molecule has 0 rings (SSSR count). The number of hydrogen-bond donors (Lipinski definition) is 0. The Kier molecular flexibility index (Phi) is 5.02. The van der Waals surface area contributed by atoms with E-state index in [9.17, 15) is 26.3 Å². The van der Waals surface area contributed by atoms with Crippen LogP contribution in [0.15, 0.2) is 0 Å². The van der Waals surface area contributed by atoms with Gasteiger partial charge in [-0.3, -0.25) is 0 Å². The van der Waals surface area contributed by atoms with Crippen molar-refractivity contribution in [2.75, 3.05) is 27.6 Å². The first-order valence-corrected chi connectivity index (χ1v) is 3.87. The summed E-state index contributed by atoms with van der Waals surface area (Å²) in [6.07, 6.45) is -11.3. The molecule has 0 aliphatic carbocycles. The highest BCUT2D eigenvalue weighted by Crippen LogP contribution is 2.45. The molecule has 0 aromatic rings. The van der Waals surface area contributed by atoms with E-state index in [2.05, 4.69) is 14.2 Å². The van der Waals surface area contributed by atoms with Gasteiger partial charge in [-0.2, -0.15) is 26.3 Å². The van der Waals surface area contributed by atoms with Gasteiger partial charge in [-0.1, -0.05) is 0 Å². The maximum atomic E-state index is 12.4. The molecule has 0 saturated heterocycles. The van der Waals surface area contributed by atoms with E-state index in [-0.39, 0.29) is 0 Å². The van der Waals surface area contributed by atoms with Crippen molar-refractivity contribution in [1.29, 1.82) is 0 Å². The molecule has 0 amide bonds. The number of alkyl halides is 6. The SMILES string of the molecule is COCOC(COC)(C(F)(F)F)C(F)(F)F. The summed E-state index contributed by atoms with van der Waals surface area (Å²) in [6.45, 7) is -2.84. The van der Waals surface area contributed by atoms with Crippen LogP contribution in [0.5, 0.6) is 0 Å². The van der Waals surface area contributed by atoms with E-state index in [4.69, 9.17) is 0 Å². The normalized spacial score (nSPS) is 14.2. The molecule has 0 atom stereocenters. The topological polar surface area (TPSA) is 27.7 Å². The van der Waals surface area contributed by atoms with Gasteiger partial charge in [0.2, 0.25) is 0 Å². The molecule has 0 radical (unpaired) electrons. The van der Waals surface area contributed by atoms with Crippen molar-refractivity contribution < 1.29 is 40.6 Å². The van der Waals surface area contributed by atoms with Crippen molar-refractivity contribution in [2.24, 2.45) is 0 Å². The predicted octanol–water partition coefficient (Wildman–Crippen LogP) is 2.12. The van der Waals surface area contributed by atoms with Crippen LogP contribution >= 0.6 is 0 Å². The Morgan fingerprint density at radius 2 is 1.25 bits per heavy atom. The molecule has 0 spiro atoms. The summed E-state index contributed by atoms with van der Waals surface area (Å²) in [5.41, 5.74) is -4.37. The van der Waals surface area contributed by atoms with Crippen molar-refractivity contribution in [3.8, 4) is 0 Å². The second-order valence-corrected chi connectivity index (χ2v) is 2.81. The highest BCUT2D eigenvalue weighted by Gasteiger charge is 2.72. The Labute approximate surface area is 87.3 Å². The van der Waals surface area contributed by atoms with Crippen molar-refractivity contribution in [3.05, 3.63) is 0 Å². The first-order valence-electron chi connectivity index (χ1n) is 3.87. The van der Waals surface area contributed by atoms with Gasteiger partial charge in [0, 0.05) is 14.2 Å². The Morgan fingerprint density at radius 3 is 1.50 bits per heavy atom. The monoisotopic (exact) mass is 256 g/mol. The maximum absolute atomic E-state index is 12.4. The molecule has 0 fully saturated rings. The molecule has 3 nitrogen and oxygen atoms in total. The van der Waals surface area contributed by atoms with Crippen LogP contribution in [0.25, 0.3) is 0 Å². The summed E-state index contributed by atoms with van der Waals surface area (Å²) in [6, 6.07) is 0. The first kappa shape index (κ1) is 15.5. The molecule has 0 bridgehead atoms. The fourth-order valence-electron chi connectivity index (χ4n) is 0.892. The van der Waals surface area contributed by atoms with Crippen LogP contribution < -0.4 is 0 Å². The standard InChI is InChI=1S/C7H10F6O3/c1-14-3-5(6(8,9)10,7(11,12)13)16-4-15-2/h3-4H2,1-2H3. The van der Waals surface area contributed by atoms with Crippen molar-refractivity contribution in [3.63, 3.8) is 0 Å². The van der Waals surface area contributed by atoms with E-state index in [1.807, 2.05) is 0 Å². The van der Waals surface area contributed by atoms with Gasteiger partial charge in [0.15, 0.2) is 0 Å². The second-order valence-electron chi connectivity index (χ2n) is 2.81. The van der Waals surface area contributed by atoms with Crippen molar-refractivity contribution in [2.45, 2.75) is 18.0 Å². The second kappa shape index (κ2) is 5.19. The van der Waals surface area contributed by atoms with Gasteiger partial charge < -0.3 is 14.2 Å². The van der Waals surface area contributed by atoms with Crippen molar-refractivity contribution in [1.82, 2.24) is 0 Å².